The van der Waals surface area contributed by atoms with E-state index in [4.69, 9.17) is 4.74 Å². The first-order chi connectivity index (χ1) is 11.7. The molecule has 7 nitrogen and oxygen atoms in total. The lowest BCUT2D eigenvalue weighted by atomic mass is 10.2. The lowest BCUT2D eigenvalue weighted by Crippen LogP contribution is -2.31. The van der Waals surface area contributed by atoms with E-state index in [1.807, 2.05) is 0 Å². The van der Waals surface area contributed by atoms with Gasteiger partial charge in [0.1, 0.15) is 5.75 Å². The number of anilines is 1. The predicted molar refractivity (Wildman–Crippen MR) is 96.8 cm³/mol. The van der Waals surface area contributed by atoms with Gasteiger partial charge in [-0.2, -0.15) is 0 Å². The van der Waals surface area contributed by atoms with Gasteiger partial charge < -0.3 is 4.74 Å². The fraction of sp³-hybridized carbons (Fsp3) is 0.250. The number of aryl methyl sites for hydroxylation is 1. The van der Waals surface area contributed by atoms with Crippen LogP contribution < -0.4 is 14.2 Å². The zero-order valence-electron chi connectivity index (χ0n) is 13.9. The molecule has 0 aromatic heterocycles. The van der Waals surface area contributed by atoms with Crippen molar-refractivity contribution in [2.75, 3.05) is 24.1 Å². The molecular formula is C16H20N2O5S2. The molecule has 2 aromatic carbocycles. The van der Waals surface area contributed by atoms with E-state index in [1.54, 1.807) is 43.3 Å². The number of ether oxygens (including phenoxy) is 1. The maximum Gasteiger partial charge on any atom is 0.240 e. The second-order valence-corrected chi connectivity index (χ2v) is 8.89. The lowest BCUT2D eigenvalue weighted by molar-refractivity contribution is 0.414. The molecule has 9 heteroatoms. The molecule has 2 aromatic rings. The highest BCUT2D eigenvalue weighted by molar-refractivity contribution is 7.92. The van der Waals surface area contributed by atoms with Gasteiger partial charge in [0.25, 0.3) is 0 Å². The Labute approximate surface area is 148 Å². The molecule has 0 atom stereocenters. The Bertz CT molecular complexity index is 926. The molecule has 0 unspecified atom stereocenters. The number of sulfonamides is 2. The van der Waals surface area contributed by atoms with Gasteiger partial charge in [-0.15, -0.1) is 0 Å². The van der Waals surface area contributed by atoms with Gasteiger partial charge in [0, 0.05) is 12.2 Å². The van der Waals surface area contributed by atoms with Crippen LogP contribution in [-0.2, 0) is 20.0 Å². The smallest absolute Gasteiger partial charge is 0.240 e. The highest BCUT2D eigenvalue weighted by Crippen LogP contribution is 2.20. The molecule has 0 fully saturated rings. The Morgan fingerprint density at radius 1 is 1.00 bits per heavy atom. The molecule has 25 heavy (non-hydrogen) atoms. The summed E-state index contributed by atoms with van der Waals surface area (Å²) < 4.78 is 58.4. The molecule has 0 saturated carbocycles. The lowest BCUT2D eigenvalue weighted by Gasteiger charge is -2.11. The molecular weight excluding hydrogens is 364 g/mol. The molecule has 2 N–H and O–H groups in total. The molecule has 0 aliphatic heterocycles. The van der Waals surface area contributed by atoms with Gasteiger partial charge in [0.15, 0.2) is 0 Å². The number of hydrogen-bond donors (Lipinski definition) is 2. The van der Waals surface area contributed by atoms with Crippen molar-refractivity contribution >= 4 is 25.7 Å². The Hall–Kier alpha value is -2.10. The third-order valence-electron chi connectivity index (χ3n) is 3.38. The molecule has 2 rings (SSSR count). The van der Waals surface area contributed by atoms with Crippen molar-refractivity contribution < 1.29 is 21.6 Å². The van der Waals surface area contributed by atoms with Crippen LogP contribution in [0.3, 0.4) is 0 Å². The number of rotatable bonds is 8. The average Bonchev–Trinajstić information content (AvgIpc) is 2.54. The summed E-state index contributed by atoms with van der Waals surface area (Å²) in [6.07, 6.45) is 0. The van der Waals surface area contributed by atoms with Gasteiger partial charge in [-0.25, -0.2) is 21.6 Å². The van der Waals surface area contributed by atoms with Gasteiger partial charge in [-0.3, -0.25) is 4.72 Å². The summed E-state index contributed by atoms with van der Waals surface area (Å²) in [6.45, 7) is 1.40. The Morgan fingerprint density at radius 2 is 1.68 bits per heavy atom. The monoisotopic (exact) mass is 384 g/mol. The van der Waals surface area contributed by atoms with E-state index in [9.17, 15) is 16.8 Å². The first kappa shape index (κ1) is 19.2. The van der Waals surface area contributed by atoms with Crippen LogP contribution in [0, 0.1) is 6.92 Å². The van der Waals surface area contributed by atoms with Crippen molar-refractivity contribution in [1.82, 2.24) is 4.72 Å². The van der Waals surface area contributed by atoms with Gasteiger partial charge in [-0.1, -0.05) is 18.2 Å². The normalized spacial score (nSPS) is 11.9. The van der Waals surface area contributed by atoms with E-state index in [1.165, 1.54) is 19.2 Å². The van der Waals surface area contributed by atoms with E-state index in [0.717, 1.165) is 0 Å². The van der Waals surface area contributed by atoms with E-state index in [2.05, 4.69) is 9.44 Å². The summed E-state index contributed by atoms with van der Waals surface area (Å²) >= 11 is 0. The van der Waals surface area contributed by atoms with E-state index >= 15 is 0 Å². The van der Waals surface area contributed by atoms with Crippen LogP contribution in [0.15, 0.2) is 53.4 Å². The largest absolute Gasteiger partial charge is 0.497 e. The number of para-hydroxylation sites is 1. The van der Waals surface area contributed by atoms with Crippen molar-refractivity contribution in [3.63, 3.8) is 0 Å². The second-order valence-electron chi connectivity index (χ2n) is 5.32. The molecule has 0 radical (unpaired) electrons. The molecule has 0 heterocycles. The fourth-order valence-corrected chi connectivity index (χ4v) is 4.53. The molecule has 0 bridgehead atoms. The van der Waals surface area contributed by atoms with Gasteiger partial charge >= 0.3 is 0 Å². The number of nitrogens with one attached hydrogen (secondary N) is 2. The first-order valence-electron chi connectivity index (χ1n) is 7.43. The van der Waals surface area contributed by atoms with E-state index < -0.39 is 20.0 Å². The van der Waals surface area contributed by atoms with Crippen LogP contribution in [0.1, 0.15) is 5.56 Å². The van der Waals surface area contributed by atoms with Crippen LogP contribution in [0.4, 0.5) is 5.69 Å². The molecule has 136 valence electrons. The number of benzene rings is 2. The molecule has 0 aliphatic rings. The number of methoxy groups -OCH3 is 1. The highest BCUT2D eigenvalue weighted by atomic mass is 32.2. The summed E-state index contributed by atoms with van der Waals surface area (Å²) in [5.41, 5.74) is 0.938. The van der Waals surface area contributed by atoms with E-state index in [0.29, 0.717) is 17.0 Å². The van der Waals surface area contributed by atoms with Crippen LogP contribution >= 0.6 is 0 Å². The highest BCUT2D eigenvalue weighted by Gasteiger charge is 2.18. The van der Waals surface area contributed by atoms with Crippen molar-refractivity contribution in [3.8, 4) is 5.75 Å². The van der Waals surface area contributed by atoms with Crippen LogP contribution in [0.2, 0.25) is 0 Å². The summed E-state index contributed by atoms with van der Waals surface area (Å²) in [6, 6.07) is 13.0. The van der Waals surface area contributed by atoms with Crippen LogP contribution in [0.25, 0.3) is 0 Å². The average molecular weight is 384 g/mol. The van der Waals surface area contributed by atoms with Crippen molar-refractivity contribution in [2.45, 2.75) is 11.8 Å². The maximum atomic E-state index is 12.3. The third-order valence-corrected chi connectivity index (χ3v) is 6.29. The zero-order valence-corrected chi connectivity index (χ0v) is 15.5. The molecule has 0 spiro atoms. The third kappa shape index (κ3) is 5.45. The molecule has 0 saturated heterocycles. The summed E-state index contributed by atoms with van der Waals surface area (Å²) in [5.74, 6) is 0.169. The zero-order chi connectivity index (χ0) is 18.5. The fourth-order valence-electron chi connectivity index (χ4n) is 2.18. The van der Waals surface area contributed by atoms with Crippen molar-refractivity contribution in [3.05, 3.63) is 54.1 Å². The Balaban J connectivity index is 2.00. The molecule has 0 amide bonds. The maximum absolute atomic E-state index is 12.3. The molecule has 0 aliphatic carbocycles. The van der Waals surface area contributed by atoms with Gasteiger partial charge in [0.05, 0.1) is 17.8 Å². The second kappa shape index (κ2) is 7.85. The van der Waals surface area contributed by atoms with E-state index in [-0.39, 0.29) is 17.2 Å². The van der Waals surface area contributed by atoms with Crippen molar-refractivity contribution in [1.29, 1.82) is 0 Å². The number of hydrogen-bond acceptors (Lipinski definition) is 5. The van der Waals surface area contributed by atoms with Crippen LogP contribution in [-0.4, -0.2) is 36.2 Å². The Kier molecular flexibility index (Phi) is 6.04. The minimum Gasteiger partial charge on any atom is -0.497 e. The topological polar surface area (TPSA) is 102 Å². The minimum absolute atomic E-state index is 0.0849. The summed E-state index contributed by atoms with van der Waals surface area (Å²) in [4.78, 5) is 0.0849. The summed E-state index contributed by atoms with van der Waals surface area (Å²) in [5, 5.41) is 0. The predicted octanol–water partition coefficient (Wildman–Crippen LogP) is 1.72. The van der Waals surface area contributed by atoms with Crippen LogP contribution in [0.5, 0.6) is 5.75 Å². The Morgan fingerprint density at radius 3 is 2.28 bits per heavy atom. The van der Waals surface area contributed by atoms with Gasteiger partial charge in [-0.05, 0) is 42.8 Å². The quantitative estimate of drug-likeness (QED) is 0.722. The summed E-state index contributed by atoms with van der Waals surface area (Å²) in [7, 11) is -5.97. The minimum atomic E-state index is -3.81. The standard InChI is InChI=1S/C16H20N2O5S2/c1-13-12-15(23-2)8-9-16(13)25(21,22)17-10-11-24(19,20)18-14-6-4-3-5-7-14/h3-9,12,17-18H,10-11H2,1-2H3. The van der Waals surface area contributed by atoms with Gasteiger partial charge in [0.2, 0.25) is 20.0 Å². The first-order valence-corrected chi connectivity index (χ1v) is 10.6. The van der Waals surface area contributed by atoms with Crippen molar-refractivity contribution in [2.24, 2.45) is 0 Å². The SMILES string of the molecule is COc1ccc(S(=O)(=O)NCCS(=O)(=O)Nc2ccccc2)c(C)c1.